The molecule has 22 heavy (non-hydrogen) atoms. The Kier molecular flexibility index (Phi) is 3.36. The molecule has 2 heterocycles. The van der Waals surface area contributed by atoms with Crippen LogP contribution in [0.5, 0.6) is 0 Å². The monoisotopic (exact) mass is 300 g/mol. The van der Waals surface area contributed by atoms with Crippen LogP contribution in [0.15, 0.2) is 36.5 Å². The fraction of sp³-hybridized carbons (Fsp3) is 0.125. The molecular weight excluding hydrogens is 286 g/mol. The maximum Gasteiger partial charge on any atom is 0.134 e. The largest absolute Gasteiger partial charge is 0.397 e. The first-order chi connectivity index (χ1) is 10.5. The van der Waals surface area contributed by atoms with Crippen molar-refractivity contribution in [1.29, 1.82) is 0 Å². The van der Waals surface area contributed by atoms with Crippen LogP contribution in [-0.2, 0) is 7.05 Å². The standard InChI is InChI=1S/C16H14F2N4/c1-9-14(11-6-5-10(17)8-12(11)18)16(22(2)21-9)15-13(19)4-3-7-20-15/h3-8H,19H2,1-2H3. The zero-order valence-electron chi connectivity index (χ0n) is 12.1. The molecule has 0 bridgehead atoms. The van der Waals surface area contributed by atoms with E-state index in [2.05, 4.69) is 10.1 Å². The molecule has 0 unspecified atom stereocenters. The van der Waals surface area contributed by atoms with Crippen molar-refractivity contribution in [3.05, 3.63) is 53.9 Å². The van der Waals surface area contributed by atoms with Crippen LogP contribution < -0.4 is 5.73 Å². The summed E-state index contributed by atoms with van der Waals surface area (Å²) < 4.78 is 29.0. The highest BCUT2D eigenvalue weighted by molar-refractivity contribution is 5.86. The fourth-order valence-electron chi connectivity index (χ4n) is 2.56. The van der Waals surface area contributed by atoms with Crippen molar-refractivity contribution in [2.45, 2.75) is 6.92 Å². The smallest absolute Gasteiger partial charge is 0.134 e. The molecule has 0 saturated carbocycles. The minimum Gasteiger partial charge on any atom is -0.397 e. The molecule has 0 aliphatic heterocycles. The second-order valence-electron chi connectivity index (χ2n) is 5.00. The van der Waals surface area contributed by atoms with E-state index in [-0.39, 0.29) is 5.56 Å². The lowest BCUT2D eigenvalue weighted by Gasteiger charge is -2.09. The van der Waals surface area contributed by atoms with E-state index in [0.29, 0.717) is 28.3 Å². The van der Waals surface area contributed by atoms with Crippen LogP contribution in [0.2, 0.25) is 0 Å². The predicted octanol–water partition coefficient (Wildman–Crippen LogP) is 3.32. The van der Waals surface area contributed by atoms with E-state index < -0.39 is 11.6 Å². The summed E-state index contributed by atoms with van der Waals surface area (Å²) >= 11 is 0. The Morgan fingerprint density at radius 2 is 1.95 bits per heavy atom. The summed E-state index contributed by atoms with van der Waals surface area (Å²) in [4.78, 5) is 4.27. The number of aromatic nitrogens is 3. The highest BCUT2D eigenvalue weighted by Gasteiger charge is 2.21. The SMILES string of the molecule is Cc1nn(C)c(-c2ncccc2N)c1-c1ccc(F)cc1F. The fourth-order valence-corrected chi connectivity index (χ4v) is 2.56. The van der Waals surface area contributed by atoms with Gasteiger partial charge in [-0.05, 0) is 31.2 Å². The second-order valence-corrected chi connectivity index (χ2v) is 5.00. The van der Waals surface area contributed by atoms with E-state index in [0.717, 1.165) is 6.07 Å². The normalized spacial score (nSPS) is 10.9. The number of rotatable bonds is 2. The van der Waals surface area contributed by atoms with Crippen LogP contribution in [0.1, 0.15) is 5.69 Å². The molecular formula is C16H14F2N4. The molecule has 6 heteroatoms. The number of aryl methyl sites for hydroxylation is 2. The first-order valence-electron chi connectivity index (χ1n) is 6.69. The number of halogens is 2. The molecule has 0 atom stereocenters. The number of pyridine rings is 1. The van der Waals surface area contributed by atoms with E-state index >= 15 is 0 Å². The van der Waals surface area contributed by atoms with Crippen molar-refractivity contribution in [3.63, 3.8) is 0 Å². The Morgan fingerprint density at radius 1 is 1.18 bits per heavy atom. The van der Waals surface area contributed by atoms with Gasteiger partial charge in [0.15, 0.2) is 0 Å². The first-order valence-corrected chi connectivity index (χ1v) is 6.69. The predicted molar refractivity (Wildman–Crippen MR) is 80.9 cm³/mol. The topological polar surface area (TPSA) is 56.7 Å². The van der Waals surface area contributed by atoms with Crippen LogP contribution in [-0.4, -0.2) is 14.8 Å². The molecule has 3 rings (SSSR count). The highest BCUT2D eigenvalue weighted by Crippen LogP contribution is 2.37. The Balaban J connectivity index is 2.32. The Morgan fingerprint density at radius 3 is 2.64 bits per heavy atom. The van der Waals surface area contributed by atoms with Gasteiger partial charge < -0.3 is 5.73 Å². The van der Waals surface area contributed by atoms with E-state index in [9.17, 15) is 8.78 Å². The summed E-state index contributed by atoms with van der Waals surface area (Å²) in [7, 11) is 1.74. The van der Waals surface area contributed by atoms with Gasteiger partial charge in [-0.2, -0.15) is 5.10 Å². The van der Waals surface area contributed by atoms with E-state index in [1.165, 1.54) is 12.1 Å². The van der Waals surface area contributed by atoms with Gasteiger partial charge in [-0.1, -0.05) is 0 Å². The van der Waals surface area contributed by atoms with Crippen molar-refractivity contribution < 1.29 is 8.78 Å². The Labute approximate surface area is 126 Å². The lowest BCUT2D eigenvalue weighted by Crippen LogP contribution is -2.00. The summed E-state index contributed by atoms with van der Waals surface area (Å²) in [5.41, 5.74) is 9.02. The van der Waals surface area contributed by atoms with E-state index in [1.54, 1.807) is 37.0 Å². The summed E-state index contributed by atoms with van der Waals surface area (Å²) in [6, 6.07) is 6.91. The number of benzene rings is 1. The summed E-state index contributed by atoms with van der Waals surface area (Å²) in [5.74, 6) is -1.27. The van der Waals surface area contributed by atoms with E-state index in [4.69, 9.17) is 5.73 Å². The molecule has 0 saturated heterocycles. The van der Waals surface area contributed by atoms with Crippen molar-refractivity contribution in [1.82, 2.24) is 14.8 Å². The number of nitrogens with zero attached hydrogens (tertiary/aromatic N) is 3. The van der Waals surface area contributed by atoms with E-state index in [1.807, 2.05) is 0 Å². The quantitative estimate of drug-likeness (QED) is 0.790. The summed E-state index contributed by atoms with van der Waals surface area (Å²) in [6.45, 7) is 1.76. The number of hydrogen-bond donors (Lipinski definition) is 1. The minimum atomic E-state index is -0.646. The third-order valence-corrected chi connectivity index (χ3v) is 3.49. The summed E-state index contributed by atoms with van der Waals surface area (Å²) in [5, 5.41) is 4.33. The molecule has 0 amide bonds. The maximum atomic E-state index is 14.2. The highest BCUT2D eigenvalue weighted by atomic mass is 19.1. The van der Waals surface area contributed by atoms with Gasteiger partial charge in [-0.3, -0.25) is 9.67 Å². The molecule has 3 aromatic rings. The molecule has 1 aromatic carbocycles. The van der Waals surface area contributed by atoms with Crippen LogP contribution in [0.3, 0.4) is 0 Å². The third-order valence-electron chi connectivity index (χ3n) is 3.49. The van der Waals surface area contributed by atoms with Crippen molar-refractivity contribution in [2.75, 3.05) is 5.73 Å². The molecule has 2 aromatic heterocycles. The van der Waals surface area contributed by atoms with Gasteiger partial charge in [0.1, 0.15) is 17.3 Å². The number of anilines is 1. The van der Waals surface area contributed by atoms with Crippen LogP contribution in [0.4, 0.5) is 14.5 Å². The average Bonchev–Trinajstić information content (AvgIpc) is 2.74. The van der Waals surface area contributed by atoms with Gasteiger partial charge in [0.05, 0.1) is 17.1 Å². The van der Waals surface area contributed by atoms with Crippen LogP contribution in [0, 0.1) is 18.6 Å². The van der Waals surface area contributed by atoms with Gasteiger partial charge in [-0.25, -0.2) is 8.78 Å². The molecule has 2 N–H and O–H groups in total. The molecule has 112 valence electrons. The number of nitrogens with two attached hydrogens (primary N) is 1. The third kappa shape index (κ3) is 2.22. The second kappa shape index (κ2) is 5.22. The van der Waals surface area contributed by atoms with Gasteiger partial charge in [0.25, 0.3) is 0 Å². The van der Waals surface area contributed by atoms with Gasteiger partial charge in [0, 0.05) is 30.4 Å². The van der Waals surface area contributed by atoms with Crippen LogP contribution in [0.25, 0.3) is 22.5 Å². The van der Waals surface area contributed by atoms with Crippen molar-refractivity contribution in [3.8, 4) is 22.5 Å². The minimum absolute atomic E-state index is 0.270. The molecule has 0 aliphatic rings. The lowest BCUT2D eigenvalue weighted by molar-refractivity contribution is 0.585. The first kappa shape index (κ1) is 14.2. The summed E-state index contributed by atoms with van der Waals surface area (Å²) in [6.07, 6.45) is 1.61. The molecule has 0 fully saturated rings. The van der Waals surface area contributed by atoms with Crippen molar-refractivity contribution >= 4 is 5.69 Å². The Bertz CT molecular complexity index is 855. The Hall–Kier alpha value is -2.76. The van der Waals surface area contributed by atoms with Gasteiger partial charge >= 0.3 is 0 Å². The average molecular weight is 300 g/mol. The number of nitrogen functional groups attached to an aromatic ring is 1. The zero-order chi connectivity index (χ0) is 15.9. The molecule has 0 radical (unpaired) electrons. The van der Waals surface area contributed by atoms with Gasteiger partial charge in [0.2, 0.25) is 0 Å². The molecule has 0 aliphatic carbocycles. The maximum absolute atomic E-state index is 14.2. The molecule has 0 spiro atoms. The zero-order valence-corrected chi connectivity index (χ0v) is 12.1. The van der Waals surface area contributed by atoms with Gasteiger partial charge in [-0.15, -0.1) is 0 Å². The van der Waals surface area contributed by atoms with Crippen molar-refractivity contribution in [2.24, 2.45) is 7.05 Å². The number of hydrogen-bond acceptors (Lipinski definition) is 3. The molecule has 4 nitrogen and oxygen atoms in total. The lowest BCUT2D eigenvalue weighted by atomic mass is 10.0. The van der Waals surface area contributed by atoms with Crippen LogP contribution >= 0.6 is 0 Å².